The first-order valence-electron chi connectivity index (χ1n) is 9.02. The van der Waals surface area contributed by atoms with E-state index in [2.05, 4.69) is 5.32 Å². The molecule has 1 aliphatic heterocycles. The largest absolute Gasteiger partial charge is 0.466 e. The molecule has 0 unspecified atom stereocenters. The number of hydrogen-bond donors (Lipinski definition) is 1. The van der Waals surface area contributed by atoms with E-state index in [1.165, 1.54) is 14.2 Å². The first-order chi connectivity index (χ1) is 13.9. The van der Waals surface area contributed by atoms with Crippen LogP contribution in [0.1, 0.15) is 34.5 Å². The molecule has 2 aromatic rings. The summed E-state index contributed by atoms with van der Waals surface area (Å²) in [6, 6.07) is 14.2. The zero-order valence-corrected chi connectivity index (χ0v) is 17.5. The lowest BCUT2D eigenvalue weighted by atomic mass is 9.94. The van der Waals surface area contributed by atoms with Gasteiger partial charge in [0.1, 0.15) is 0 Å². The zero-order valence-electron chi connectivity index (χ0n) is 16.7. The molecule has 1 heterocycles. The SMILES string of the molecule is COC(=O)C1=C(C)N(c2ccc(C)cc2)C(=S)N[C@H]1c1ccc(C(=O)OC)cc1. The number of rotatable bonds is 4. The maximum absolute atomic E-state index is 12.7. The summed E-state index contributed by atoms with van der Waals surface area (Å²) in [5, 5.41) is 3.71. The summed E-state index contributed by atoms with van der Waals surface area (Å²) in [6.07, 6.45) is 0. The first-order valence-corrected chi connectivity index (χ1v) is 9.42. The van der Waals surface area contributed by atoms with Crippen molar-refractivity contribution < 1.29 is 19.1 Å². The Labute approximate surface area is 175 Å². The van der Waals surface area contributed by atoms with E-state index in [4.69, 9.17) is 21.7 Å². The molecule has 0 fully saturated rings. The van der Waals surface area contributed by atoms with E-state index in [0.29, 0.717) is 21.9 Å². The minimum atomic E-state index is -0.497. The van der Waals surface area contributed by atoms with E-state index in [0.717, 1.165) is 16.8 Å². The van der Waals surface area contributed by atoms with E-state index >= 15 is 0 Å². The summed E-state index contributed by atoms with van der Waals surface area (Å²) in [4.78, 5) is 26.2. The van der Waals surface area contributed by atoms with Gasteiger partial charge in [-0.1, -0.05) is 29.8 Å². The number of esters is 2. The normalized spacial score (nSPS) is 16.3. The molecule has 3 rings (SSSR count). The maximum atomic E-state index is 12.7. The van der Waals surface area contributed by atoms with Gasteiger partial charge in [-0.15, -0.1) is 0 Å². The summed E-state index contributed by atoms with van der Waals surface area (Å²) in [5.74, 6) is -0.870. The highest BCUT2D eigenvalue weighted by atomic mass is 32.1. The van der Waals surface area contributed by atoms with Gasteiger partial charge in [0.05, 0.1) is 31.4 Å². The van der Waals surface area contributed by atoms with Crippen LogP contribution < -0.4 is 10.2 Å². The first kappa shape index (κ1) is 20.5. The molecule has 0 aromatic heterocycles. The molecule has 2 aromatic carbocycles. The molecule has 0 spiro atoms. The van der Waals surface area contributed by atoms with E-state index in [-0.39, 0.29) is 0 Å². The van der Waals surface area contributed by atoms with Crippen molar-refractivity contribution in [3.05, 3.63) is 76.5 Å². The number of nitrogens with zero attached hydrogens (tertiary/aromatic N) is 1. The lowest BCUT2D eigenvalue weighted by Gasteiger charge is -2.37. The van der Waals surface area contributed by atoms with Crippen LogP contribution in [0.4, 0.5) is 5.69 Å². The van der Waals surface area contributed by atoms with E-state index in [1.807, 2.05) is 43.0 Å². The molecule has 0 saturated heterocycles. The van der Waals surface area contributed by atoms with E-state index in [9.17, 15) is 9.59 Å². The van der Waals surface area contributed by atoms with Crippen molar-refractivity contribution in [3.8, 4) is 0 Å². The predicted octanol–water partition coefficient (Wildman–Crippen LogP) is 3.66. The number of allylic oxidation sites excluding steroid dienone is 1. The molecule has 7 heteroatoms. The molecular weight excluding hydrogens is 388 g/mol. The minimum absolute atomic E-state index is 0.422. The number of anilines is 1. The average molecular weight is 410 g/mol. The third-order valence-corrected chi connectivity index (χ3v) is 5.15. The Morgan fingerprint density at radius 2 is 1.52 bits per heavy atom. The van der Waals surface area contributed by atoms with Crippen LogP contribution >= 0.6 is 12.2 Å². The van der Waals surface area contributed by atoms with Crippen LogP contribution in [-0.2, 0) is 14.3 Å². The van der Waals surface area contributed by atoms with Crippen molar-refractivity contribution in [2.24, 2.45) is 0 Å². The summed E-state index contributed by atoms with van der Waals surface area (Å²) in [7, 11) is 2.68. The standard InChI is InChI=1S/C22H22N2O4S/c1-13-5-11-17(12-6-13)24-14(2)18(21(26)28-4)19(23-22(24)29)15-7-9-16(10-8-15)20(25)27-3/h5-12,19H,1-4H3,(H,23,29)/t19-/m0/s1. The number of carbonyl (C=O) groups is 2. The Morgan fingerprint density at radius 3 is 2.07 bits per heavy atom. The number of carbonyl (C=O) groups excluding carboxylic acids is 2. The number of ether oxygens (including phenoxy) is 2. The van der Waals surface area contributed by atoms with Crippen molar-refractivity contribution in [2.75, 3.05) is 19.1 Å². The van der Waals surface area contributed by atoms with Crippen molar-refractivity contribution in [2.45, 2.75) is 19.9 Å². The molecule has 0 saturated carbocycles. The summed E-state index contributed by atoms with van der Waals surface area (Å²) in [6.45, 7) is 3.85. The Bertz CT molecular complexity index is 981. The summed E-state index contributed by atoms with van der Waals surface area (Å²) >= 11 is 5.61. The second-order valence-electron chi connectivity index (χ2n) is 6.66. The van der Waals surface area contributed by atoms with Crippen LogP contribution in [-0.4, -0.2) is 31.3 Å². The molecule has 6 nitrogen and oxygen atoms in total. The van der Waals surface area contributed by atoms with Crippen LogP contribution in [0, 0.1) is 6.92 Å². The Kier molecular flexibility index (Phi) is 5.98. The zero-order chi connectivity index (χ0) is 21.1. The molecule has 1 N–H and O–H groups in total. The van der Waals surface area contributed by atoms with Crippen LogP contribution in [0.5, 0.6) is 0 Å². The number of nitrogens with one attached hydrogen (secondary N) is 1. The lowest BCUT2D eigenvalue weighted by molar-refractivity contribution is -0.136. The summed E-state index contributed by atoms with van der Waals surface area (Å²) in [5.41, 5.74) is 4.33. The summed E-state index contributed by atoms with van der Waals surface area (Å²) < 4.78 is 9.79. The second kappa shape index (κ2) is 8.45. The van der Waals surface area contributed by atoms with Crippen molar-refractivity contribution in [3.63, 3.8) is 0 Å². The van der Waals surface area contributed by atoms with Gasteiger partial charge in [-0.3, -0.25) is 4.90 Å². The maximum Gasteiger partial charge on any atom is 0.337 e. The Balaban J connectivity index is 2.06. The van der Waals surface area contributed by atoms with E-state index in [1.54, 1.807) is 24.3 Å². The van der Waals surface area contributed by atoms with Crippen LogP contribution in [0.3, 0.4) is 0 Å². The van der Waals surface area contributed by atoms with Gasteiger partial charge in [0.25, 0.3) is 0 Å². The number of thiocarbonyl (C=S) groups is 1. The molecule has 0 bridgehead atoms. The van der Waals surface area contributed by atoms with Gasteiger partial charge in [0.15, 0.2) is 5.11 Å². The molecule has 150 valence electrons. The van der Waals surface area contributed by atoms with Gasteiger partial charge in [-0.2, -0.15) is 0 Å². The highest BCUT2D eigenvalue weighted by Crippen LogP contribution is 2.34. The molecule has 0 amide bonds. The topological polar surface area (TPSA) is 67.9 Å². The predicted molar refractivity (Wildman–Crippen MR) is 115 cm³/mol. The Morgan fingerprint density at radius 1 is 0.931 bits per heavy atom. The molecule has 0 aliphatic carbocycles. The monoisotopic (exact) mass is 410 g/mol. The molecule has 0 radical (unpaired) electrons. The fraction of sp³-hybridized carbons (Fsp3) is 0.227. The van der Waals surface area contributed by atoms with Gasteiger partial charge >= 0.3 is 11.9 Å². The fourth-order valence-electron chi connectivity index (χ4n) is 3.30. The third kappa shape index (κ3) is 4.00. The van der Waals surface area contributed by atoms with Gasteiger partial charge in [-0.05, 0) is 55.9 Å². The van der Waals surface area contributed by atoms with Crippen molar-refractivity contribution in [1.82, 2.24) is 5.32 Å². The van der Waals surface area contributed by atoms with Crippen molar-refractivity contribution in [1.29, 1.82) is 0 Å². The number of hydrogen-bond acceptors (Lipinski definition) is 5. The van der Waals surface area contributed by atoms with Crippen molar-refractivity contribution >= 4 is 35.0 Å². The molecule has 29 heavy (non-hydrogen) atoms. The fourth-order valence-corrected chi connectivity index (χ4v) is 3.66. The Hall–Kier alpha value is -3.19. The van der Waals surface area contributed by atoms with Crippen LogP contribution in [0.15, 0.2) is 59.8 Å². The molecular formula is C22H22N2O4S. The molecule has 1 aliphatic rings. The van der Waals surface area contributed by atoms with Gasteiger partial charge in [0, 0.05) is 11.4 Å². The quantitative estimate of drug-likeness (QED) is 0.609. The van der Waals surface area contributed by atoms with Crippen LogP contribution in [0.25, 0.3) is 0 Å². The average Bonchev–Trinajstić information content (AvgIpc) is 2.73. The van der Waals surface area contributed by atoms with Gasteiger partial charge in [0.2, 0.25) is 0 Å². The highest BCUT2D eigenvalue weighted by Gasteiger charge is 2.35. The van der Waals surface area contributed by atoms with Gasteiger partial charge < -0.3 is 14.8 Å². The lowest BCUT2D eigenvalue weighted by Crippen LogP contribution is -2.48. The third-order valence-electron chi connectivity index (χ3n) is 4.85. The highest BCUT2D eigenvalue weighted by molar-refractivity contribution is 7.80. The second-order valence-corrected chi connectivity index (χ2v) is 7.04. The smallest absolute Gasteiger partial charge is 0.337 e. The van der Waals surface area contributed by atoms with Crippen LogP contribution in [0.2, 0.25) is 0 Å². The minimum Gasteiger partial charge on any atom is -0.466 e. The number of aryl methyl sites for hydroxylation is 1. The van der Waals surface area contributed by atoms with E-state index < -0.39 is 18.0 Å². The number of benzene rings is 2. The molecule has 1 atom stereocenters. The van der Waals surface area contributed by atoms with Gasteiger partial charge in [-0.25, -0.2) is 9.59 Å². The number of methoxy groups -OCH3 is 2.